The lowest BCUT2D eigenvalue weighted by molar-refractivity contribution is -0.143. The third-order valence-corrected chi connectivity index (χ3v) is 5.00. The van der Waals surface area contributed by atoms with E-state index in [4.69, 9.17) is 4.74 Å². The van der Waals surface area contributed by atoms with Crippen molar-refractivity contribution in [2.45, 2.75) is 39.5 Å². The molecule has 0 N–H and O–H groups in total. The molecule has 2 aliphatic rings. The van der Waals surface area contributed by atoms with Gasteiger partial charge in [0, 0.05) is 29.3 Å². The number of methoxy groups -OCH3 is 1. The molecule has 0 amide bonds. The molecule has 1 aliphatic carbocycles. The molecule has 2 atom stereocenters. The zero-order valence-electron chi connectivity index (χ0n) is 14.9. The fraction of sp³-hybridized carbons (Fsp3) is 0.450. The molecule has 25 heavy (non-hydrogen) atoms. The zero-order valence-corrected chi connectivity index (χ0v) is 14.9. The quantitative estimate of drug-likeness (QED) is 0.767. The van der Waals surface area contributed by atoms with Crippen molar-refractivity contribution in [2.24, 2.45) is 16.3 Å². The summed E-state index contributed by atoms with van der Waals surface area (Å²) in [5.74, 6) is -2.47. The van der Waals surface area contributed by atoms with Gasteiger partial charge in [0.2, 0.25) is 0 Å². The number of aliphatic imine (C=N–C) groups is 1. The fourth-order valence-electron chi connectivity index (χ4n) is 3.94. The molecule has 0 radical (unpaired) electrons. The summed E-state index contributed by atoms with van der Waals surface area (Å²) >= 11 is 0. The van der Waals surface area contributed by atoms with E-state index in [2.05, 4.69) is 4.99 Å². The second-order valence-electron chi connectivity index (χ2n) is 7.55. The molecule has 4 nitrogen and oxygen atoms in total. The van der Waals surface area contributed by atoms with Crippen LogP contribution in [0.3, 0.4) is 0 Å². The maximum Gasteiger partial charge on any atom is 0.315 e. The van der Waals surface area contributed by atoms with Crippen LogP contribution in [-0.4, -0.2) is 24.6 Å². The van der Waals surface area contributed by atoms with Gasteiger partial charge in [0.15, 0.2) is 5.78 Å². The Morgan fingerprint density at radius 1 is 1.28 bits per heavy atom. The van der Waals surface area contributed by atoms with Gasteiger partial charge in [-0.05, 0) is 30.4 Å². The van der Waals surface area contributed by atoms with Gasteiger partial charge in [-0.25, -0.2) is 4.39 Å². The highest BCUT2D eigenvalue weighted by atomic mass is 19.1. The number of carbonyl (C=O) groups excluding carboxylic acids is 2. The maximum atomic E-state index is 14.6. The van der Waals surface area contributed by atoms with Crippen molar-refractivity contribution in [3.8, 4) is 0 Å². The Morgan fingerprint density at radius 3 is 2.60 bits per heavy atom. The van der Waals surface area contributed by atoms with Crippen LogP contribution in [0.25, 0.3) is 0 Å². The van der Waals surface area contributed by atoms with Crippen molar-refractivity contribution in [1.29, 1.82) is 0 Å². The second kappa shape index (κ2) is 6.21. The third-order valence-electron chi connectivity index (χ3n) is 5.00. The van der Waals surface area contributed by atoms with Crippen molar-refractivity contribution >= 4 is 17.5 Å². The summed E-state index contributed by atoms with van der Waals surface area (Å²) in [7, 11) is 1.30. The molecular formula is C20H22FNO3. The Morgan fingerprint density at radius 2 is 1.96 bits per heavy atom. The molecule has 1 heterocycles. The van der Waals surface area contributed by atoms with Gasteiger partial charge in [0.25, 0.3) is 0 Å². The number of ether oxygens (including phenoxy) is 1. The first kappa shape index (κ1) is 17.5. The molecular weight excluding hydrogens is 321 g/mol. The number of hydrogen-bond acceptors (Lipinski definition) is 4. The average molecular weight is 343 g/mol. The fourth-order valence-corrected chi connectivity index (χ4v) is 3.94. The van der Waals surface area contributed by atoms with Gasteiger partial charge in [0.05, 0.1) is 7.11 Å². The number of allylic oxidation sites excluding steroid dienone is 2. The lowest BCUT2D eigenvalue weighted by atomic mass is 9.67. The SMILES string of the molecule is COC(=O)C1C(C)=NC2=C(C(=O)CC(C)(C)C2)[C@H]1c1ccccc1F. The molecule has 0 saturated heterocycles. The predicted octanol–water partition coefficient (Wildman–Crippen LogP) is 3.82. The first-order valence-electron chi connectivity index (χ1n) is 8.39. The van der Waals surface area contributed by atoms with Gasteiger partial charge >= 0.3 is 5.97 Å². The number of nitrogens with zero attached hydrogens (tertiary/aromatic N) is 1. The summed E-state index contributed by atoms with van der Waals surface area (Å²) in [6.45, 7) is 5.78. The summed E-state index contributed by atoms with van der Waals surface area (Å²) in [6, 6.07) is 6.29. The van der Waals surface area contributed by atoms with Crippen LogP contribution in [0.5, 0.6) is 0 Å². The predicted molar refractivity (Wildman–Crippen MR) is 92.8 cm³/mol. The van der Waals surface area contributed by atoms with E-state index in [1.807, 2.05) is 13.8 Å². The standard InChI is InChI=1S/C20H22FNO3/c1-11-16(19(24)25-4)17(12-7-5-6-8-13(12)21)18-14(22-11)9-20(2,3)10-15(18)23/h5-8,16-17H,9-10H2,1-4H3/t16?,17-/m0/s1. The van der Waals surface area contributed by atoms with Crippen LogP contribution in [0.4, 0.5) is 4.39 Å². The van der Waals surface area contributed by atoms with E-state index in [-0.39, 0.29) is 11.2 Å². The topological polar surface area (TPSA) is 55.7 Å². The molecule has 1 aromatic rings. The van der Waals surface area contributed by atoms with E-state index in [0.717, 1.165) is 0 Å². The van der Waals surface area contributed by atoms with Gasteiger partial charge in [0.1, 0.15) is 11.7 Å². The van der Waals surface area contributed by atoms with Crippen LogP contribution >= 0.6 is 0 Å². The van der Waals surface area contributed by atoms with Crippen LogP contribution in [0.1, 0.15) is 45.1 Å². The van der Waals surface area contributed by atoms with Crippen molar-refractivity contribution in [2.75, 3.05) is 7.11 Å². The van der Waals surface area contributed by atoms with Crippen LogP contribution in [0.15, 0.2) is 40.5 Å². The Bertz CT molecular complexity index is 807. The number of Topliss-reactive ketones (excluding diaryl/α,β-unsaturated/α-hetero) is 1. The monoisotopic (exact) mass is 343 g/mol. The van der Waals surface area contributed by atoms with Crippen molar-refractivity contribution in [1.82, 2.24) is 0 Å². The molecule has 1 aliphatic heterocycles. The smallest absolute Gasteiger partial charge is 0.315 e. The number of ketones is 1. The van der Waals surface area contributed by atoms with Crippen molar-refractivity contribution in [3.63, 3.8) is 0 Å². The Balaban J connectivity index is 2.23. The molecule has 0 spiro atoms. The summed E-state index contributed by atoms with van der Waals surface area (Å²) in [5.41, 5.74) is 1.84. The number of benzene rings is 1. The number of esters is 1. The van der Waals surface area contributed by atoms with E-state index in [0.29, 0.717) is 35.4 Å². The summed E-state index contributed by atoms with van der Waals surface area (Å²) in [4.78, 5) is 29.9. The minimum Gasteiger partial charge on any atom is -0.468 e. The third kappa shape index (κ3) is 3.03. The van der Waals surface area contributed by atoms with Crippen LogP contribution in [0, 0.1) is 17.2 Å². The maximum absolute atomic E-state index is 14.6. The highest BCUT2D eigenvalue weighted by molar-refractivity contribution is 6.09. The number of hydrogen-bond donors (Lipinski definition) is 0. The number of carbonyl (C=O) groups is 2. The molecule has 0 saturated carbocycles. The Labute approximate surface area is 146 Å². The minimum absolute atomic E-state index is 0.0651. The van der Waals surface area contributed by atoms with Gasteiger partial charge in [-0.15, -0.1) is 0 Å². The van der Waals surface area contributed by atoms with E-state index >= 15 is 0 Å². The average Bonchev–Trinajstić information content (AvgIpc) is 2.52. The molecule has 132 valence electrons. The van der Waals surface area contributed by atoms with E-state index in [1.165, 1.54) is 13.2 Å². The van der Waals surface area contributed by atoms with Gasteiger partial charge in [-0.3, -0.25) is 14.6 Å². The normalized spacial score (nSPS) is 25.3. The second-order valence-corrected chi connectivity index (χ2v) is 7.55. The molecule has 0 fully saturated rings. The first-order valence-corrected chi connectivity index (χ1v) is 8.39. The first-order chi connectivity index (χ1) is 11.7. The zero-order chi connectivity index (χ0) is 18.4. The highest BCUT2D eigenvalue weighted by Crippen LogP contribution is 2.48. The molecule has 0 aromatic heterocycles. The lowest BCUT2D eigenvalue weighted by Crippen LogP contribution is -2.39. The van der Waals surface area contributed by atoms with Crippen LogP contribution in [0.2, 0.25) is 0 Å². The van der Waals surface area contributed by atoms with Crippen LogP contribution in [-0.2, 0) is 14.3 Å². The molecule has 1 aromatic carbocycles. The Kier molecular flexibility index (Phi) is 4.35. The van der Waals surface area contributed by atoms with E-state index in [1.54, 1.807) is 25.1 Å². The van der Waals surface area contributed by atoms with E-state index < -0.39 is 23.6 Å². The minimum atomic E-state index is -0.786. The summed E-state index contributed by atoms with van der Waals surface area (Å²) < 4.78 is 19.5. The largest absolute Gasteiger partial charge is 0.468 e. The van der Waals surface area contributed by atoms with Crippen LogP contribution < -0.4 is 0 Å². The molecule has 3 rings (SSSR count). The van der Waals surface area contributed by atoms with Gasteiger partial charge in [-0.1, -0.05) is 32.0 Å². The number of rotatable bonds is 2. The molecule has 0 bridgehead atoms. The van der Waals surface area contributed by atoms with Crippen molar-refractivity contribution in [3.05, 3.63) is 46.9 Å². The van der Waals surface area contributed by atoms with E-state index in [9.17, 15) is 14.0 Å². The molecule has 5 heteroatoms. The van der Waals surface area contributed by atoms with Crippen molar-refractivity contribution < 1.29 is 18.7 Å². The number of halogens is 1. The highest BCUT2D eigenvalue weighted by Gasteiger charge is 2.46. The summed E-state index contributed by atoms with van der Waals surface area (Å²) in [5, 5.41) is 0. The van der Waals surface area contributed by atoms with Gasteiger partial charge < -0.3 is 4.74 Å². The lowest BCUT2D eigenvalue weighted by Gasteiger charge is -2.38. The Hall–Kier alpha value is -2.30. The summed E-state index contributed by atoms with van der Waals surface area (Å²) in [6.07, 6.45) is 0.990. The molecule has 1 unspecified atom stereocenters. The van der Waals surface area contributed by atoms with Gasteiger partial charge in [-0.2, -0.15) is 0 Å².